The van der Waals surface area contributed by atoms with Crippen LogP contribution >= 0.6 is 0 Å². The molecule has 5 heteroatoms. The quantitative estimate of drug-likeness (QED) is 0.899. The number of carbonyl (C=O) groups excluding carboxylic acids is 1. The summed E-state index contributed by atoms with van der Waals surface area (Å²) >= 11 is 0. The minimum Gasteiger partial charge on any atom is -0.371 e. The van der Waals surface area contributed by atoms with E-state index in [4.69, 9.17) is 10.00 Å². The van der Waals surface area contributed by atoms with Crippen LogP contribution in [0.25, 0.3) is 0 Å². The first-order valence-electron chi connectivity index (χ1n) is 8.41. The van der Waals surface area contributed by atoms with Crippen LogP contribution in [-0.4, -0.2) is 18.7 Å². The molecule has 2 N–H and O–H groups in total. The Morgan fingerprint density at radius 2 is 1.92 bits per heavy atom. The summed E-state index contributed by atoms with van der Waals surface area (Å²) in [4.78, 5) is 12.4. The molecule has 2 aromatic carbocycles. The summed E-state index contributed by atoms with van der Waals surface area (Å²) < 4.78 is 5.79. The first kappa shape index (κ1) is 17.0. The van der Waals surface area contributed by atoms with Crippen molar-refractivity contribution >= 4 is 6.03 Å². The molecule has 1 aliphatic heterocycles. The Kier molecular flexibility index (Phi) is 5.32. The highest BCUT2D eigenvalue weighted by Crippen LogP contribution is 2.28. The minimum atomic E-state index is -0.215. The van der Waals surface area contributed by atoms with Crippen LogP contribution in [0.1, 0.15) is 42.2 Å². The van der Waals surface area contributed by atoms with E-state index in [0.717, 1.165) is 17.5 Å². The molecule has 0 spiro atoms. The highest BCUT2D eigenvalue weighted by molar-refractivity contribution is 5.75. The van der Waals surface area contributed by atoms with E-state index >= 15 is 0 Å². The van der Waals surface area contributed by atoms with E-state index in [1.165, 1.54) is 0 Å². The third kappa shape index (κ3) is 4.17. The molecule has 0 bridgehead atoms. The highest BCUT2D eigenvalue weighted by Gasteiger charge is 2.31. The van der Waals surface area contributed by atoms with E-state index in [2.05, 4.69) is 16.7 Å². The minimum absolute atomic E-state index is 0.0458. The van der Waals surface area contributed by atoms with Gasteiger partial charge in [-0.1, -0.05) is 42.5 Å². The van der Waals surface area contributed by atoms with Gasteiger partial charge in [-0.2, -0.15) is 5.26 Å². The monoisotopic (exact) mass is 335 g/mol. The van der Waals surface area contributed by atoms with Gasteiger partial charge in [0.1, 0.15) is 6.10 Å². The van der Waals surface area contributed by atoms with Gasteiger partial charge in [0.2, 0.25) is 0 Å². The molecule has 3 rings (SSSR count). The van der Waals surface area contributed by atoms with Crippen molar-refractivity contribution in [2.45, 2.75) is 31.5 Å². The van der Waals surface area contributed by atoms with E-state index in [0.29, 0.717) is 12.2 Å². The largest absolute Gasteiger partial charge is 0.371 e. The van der Waals surface area contributed by atoms with E-state index in [1.54, 1.807) is 12.1 Å². The first-order chi connectivity index (χ1) is 12.2. The topological polar surface area (TPSA) is 74.2 Å². The summed E-state index contributed by atoms with van der Waals surface area (Å²) in [6.07, 6.45) is 0.676. The van der Waals surface area contributed by atoms with Gasteiger partial charge in [0.15, 0.2) is 0 Å². The summed E-state index contributed by atoms with van der Waals surface area (Å²) in [5.41, 5.74) is 2.64. The number of amides is 2. The molecular weight excluding hydrogens is 314 g/mol. The lowest BCUT2D eigenvalue weighted by Gasteiger charge is -2.22. The number of hydrogen-bond donors (Lipinski definition) is 2. The molecule has 1 fully saturated rings. The maximum atomic E-state index is 12.4. The van der Waals surface area contributed by atoms with Crippen LogP contribution in [0.4, 0.5) is 4.79 Å². The van der Waals surface area contributed by atoms with Gasteiger partial charge in [0.05, 0.1) is 23.7 Å². The second-order valence-corrected chi connectivity index (χ2v) is 6.17. The zero-order chi connectivity index (χ0) is 17.6. The number of nitriles is 1. The zero-order valence-electron chi connectivity index (χ0n) is 14.1. The van der Waals surface area contributed by atoms with Gasteiger partial charge in [0, 0.05) is 6.61 Å². The molecule has 1 saturated heterocycles. The summed E-state index contributed by atoms with van der Waals surface area (Å²) in [7, 11) is 0. The molecular formula is C20H21N3O2. The van der Waals surface area contributed by atoms with Crippen LogP contribution in [-0.2, 0) is 4.74 Å². The lowest BCUT2D eigenvalue weighted by atomic mass is 10.0. The van der Waals surface area contributed by atoms with Crippen molar-refractivity contribution < 1.29 is 9.53 Å². The first-order valence-corrected chi connectivity index (χ1v) is 8.41. The fraction of sp³-hybridized carbons (Fsp3) is 0.300. The van der Waals surface area contributed by atoms with Gasteiger partial charge in [0.25, 0.3) is 0 Å². The number of ether oxygens (including phenoxy) is 1. The van der Waals surface area contributed by atoms with Crippen LogP contribution < -0.4 is 10.6 Å². The third-order valence-electron chi connectivity index (χ3n) is 4.42. The standard InChI is InChI=1S/C20H21N3O2/c1-14(16-9-7-15(13-21)8-10-16)22-20(24)23-18-11-12-25-19(18)17-5-3-2-4-6-17/h2-10,14,18-19H,11-12H2,1H3,(H2,22,23,24)/t14-,18+,19+/m0/s1. The smallest absolute Gasteiger partial charge is 0.315 e. The van der Waals surface area contributed by atoms with Crippen LogP contribution in [0.15, 0.2) is 54.6 Å². The molecule has 0 aromatic heterocycles. The van der Waals surface area contributed by atoms with Crippen molar-refractivity contribution in [1.82, 2.24) is 10.6 Å². The molecule has 1 heterocycles. The molecule has 128 valence electrons. The predicted molar refractivity (Wildman–Crippen MR) is 94.8 cm³/mol. The predicted octanol–water partition coefficient (Wildman–Crippen LogP) is 3.45. The highest BCUT2D eigenvalue weighted by atomic mass is 16.5. The van der Waals surface area contributed by atoms with Crippen LogP contribution in [0.3, 0.4) is 0 Å². The number of nitrogens with zero attached hydrogens (tertiary/aromatic N) is 1. The molecule has 0 saturated carbocycles. The lowest BCUT2D eigenvalue weighted by Crippen LogP contribution is -2.44. The maximum absolute atomic E-state index is 12.4. The van der Waals surface area contributed by atoms with Crippen molar-refractivity contribution in [1.29, 1.82) is 5.26 Å². The zero-order valence-corrected chi connectivity index (χ0v) is 14.1. The molecule has 3 atom stereocenters. The fourth-order valence-corrected chi connectivity index (χ4v) is 3.04. The number of hydrogen-bond acceptors (Lipinski definition) is 3. The molecule has 0 radical (unpaired) electrons. The number of urea groups is 1. The Morgan fingerprint density at radius 3 is 2.60 bits per heavy atom. The number of rotatable bonds is 4. The normalized spacial score (nSPS) is 20.5. The number of carbonyl (C=O) groups is 1. The Labute approximate surface area is 147 Å². The van der Waals surface area contributed by atoms with Gasteiger partial charge in [-0.25, -0.2) is 4.79 Å². The fourth-order valence-electron chi connectivity index (χ4n) is 3.04. The van der Waals surface area contributed by atoms with Crippen molar-refractivity contribution in [3.63, 3.8) is 0 Å². The molecule has 0 aliphatic carbocycles. The van der Waals surface area contributed by atoms with E-state index in [9.17, 15) is 4.79 Å². The Hall–Kier alpha value is -2.84. The van der Waals surface area contributed by atoms with Crippen molar-refractivity contribution in [3.05, 3.63) is 71.3 Å². The molecule has 0 unspecified atom stereocenters. The van der Waals surface area contributed by atoms with Gasteiger partial charge < -0.3 is 15.4 Å². The van der Waals surface area contributed by atoms with E-state index in [-0.39, 0.29) is 24.2 Å². The number of nitrogens with one attached hydrogen (secondary N) is 2. The Morgan fingerprint density at radius 1 is 1.20 bits per heavy atom. The van der Waals surface area contributed by atoms with Crippen molar-refractivity contribution in [3.8, 4) is 6.07 Å². The second kappa shape index (κ2) is 7.82. The summed E-state index contributed by atoms with van der Waals surface area (Å²) in [5.74, 6) is 0. The Bertz CT molecular complexity index is 753. The summed E-state index contributed by atoms with van der Waals surface area (Å²) in [5, 5.41) is 14.8. The molecule has 1 aliphatic rings. The van der Waals surface area contributed by atoms with Gasteiger partial charge in [-0.3, -0.25) is 0 Å². The van der Waals surface area contributed by atoms with Crippen LogP contribution in [0.5, 0.6) is 0 Å². The average Bonchev–Trinajstić information content (AvgIpc) is 3.10. The van der Waals surface area contributed by atoms with E-state index < -0.39 is 0 Å². The van der Waals surface area contributed by atoms with Gasteiger partial charge in [-0.05, 0) is 36.6 Å². The lowest BCUT2D eigenvalue weighted by molar-refractivity contribution is 0.0998. The molecule has 5 nitrogen and oxygen atoms in total. The number of benzene rings is 2. The average molecular weight is 335 g/mol. The van der Waals surface area contributed by atoms with Crippen LogP contribution in [0, 0.1) is 11.3 Å². The van der Waals surface area contributed by atoms with Crippen molar-refractivity contribution in [2.75, 3.05) is 6.61 Å². The maximum Gasteiger partial charge on any atom is 0.315 e. The van der Waals surface area contributed by atoms with Crippen LogP contribution in [0.2, 0.25) is 0 Å². The Balaban J connectivity index is 1.59. The van der Waals surface area contributed by atoms with Gasteiger partial charge in [-0.15, -0.1) is 0 Å². The second-order valence-electron chi connectivity index (χ2n) is 6.17. The summed E-state index contributed by atoms with van der Waals surface area (Å²) in [6.45, 7) is 2.55. The summed E-state index contributed by atoms with van der Waals surface area (Å²) in [6, 6.07) is 18.8. The SMILES string of the molecule is C[C@H](NC(=O)N[C@@H]1CCO[C@@H]1c1ccccc1)c1ccc(C#N)cc1. The van der Waals surface area contributed by atoms with E-state index in [1.807, 2.05) is 49.4 Å². The van der Waals surface area contributed by atoms with Crippen molar-refractivity contribution in [2.24, 2.45) is 0 Å². The van der Waals surface area contributed by atoms with Gasteiger partial charge >= 0.3 is 6.03 Å². The molecule has 2 amide bonds. The molecule has 2 aromatic rings. The molecule has 25 heavy (non-hydrogen) atoms. The third-order valence-corrected chi connectivity index (χ3v) is 4.42.